The zero-order chi connectivity index (χ0) is 13.6. The largest absolute Gasteiger partial charge is 0.369 e. The normalized spacial score (nSPS) is 11.1. The molecule has 0 bridgehead atoms. The number of aryl methyl sites for hydroxylation is 1. The second kappa shape index (κ2) is 4.68. The number of rotatable bonds is 1. The number of hydrogen-bond donors (Lipinski definition) is 1. The predicted molar refractivity (Wildman–Crippen MR) is 87.9 cm³/mol. The first-order valence-corrected chi connectivity index (χ1v) is 7.22. The quantitative estimate of drug-likeness (QED) is 0.641. The molecule has 3 rings (SSSR count). The van der Waals surface area contributed by atoms with E-state index in [-0.39, 0.29) is 0 Å². The van der Waals surface area contributed by atoms with Crippen LogP contribution in [0.5, 0.6) is 0 Å². The summed E-state index contributed by atoms with van der Waals surface area (Å²) in [6, 6.07) is 12.0. The summed E-state index contributed by atoms with van der Waals surface area (Å²) in [5.41, 5.74) is 9.88. The molecule has 0 unspecified atom stereocenters. The van der Waals surface area contributed by atoms with Crippen molar-refractivity contribution in [2.45, 2.75) is 6.92 Å². The van der Waals surface area contributed by atoms with Crippen LogP contribution in [0.25, 0.3) is 16.7 Å². The van der Waals surface area contributed by atoms with Gasteiger partial charge in [0.1, 0.15) is 0 Å². The van der Waals surface area contributed by atoms with E-state index in [9.17, 15) is 0 Å². The first kappa shape index (κ1) is 12.7. The highest BCUT2D eigenvalue weighted by Gasteiger charge is 2.11. The van der Waals surface area contributed by atoms with Crippen molar-refractivity contribution < 1.29 is 0 Å². The minimum absolute atomic E-state index is 0.469. The van der Waals surface area contributed by atoms with Crippen molar-refractivity contribution in [3.63, 3.8) is 0 Å². The molecule has 0 fully saturated rings. The Hall–Kier alpha value is -1.27. The van der Waals surface area contributed by atoms with Gasteiger partial charge in [0.15, 0.2) is 0 Å². The van der Waals surface area contributed by atoms with Gasteiger partial charge in [0, 0.05) is 8.59 Å². The number of anilines is 1. The lowest BCUT2D eigenvalue weighted by atomic mass is 10.2. The third-order valence-corrected chi connectivity index (χ3v) is 4.13. The highest BCUT2D eigenvalue weighted by molar-refractivity contribution is 14.1. The first-order valence-electron chi connectivity index (χ1n) is 5.76. The van der Waals surface area contributed by atoms with Crippen molar-refractivity contribution in [1.29, 1.82) is 0 Å². The second-order valence-electron chi connectivity index (χ2n) is 4.37. The molecule has 0 radical (unpaired) electrons. The number of hydrogen-bond acceptors (Lipinski definition) is 2. The Bertz CT molecular complexity index is 780. The molecule has 0 aliphatic rings. The molecule has 0 atom stereocenters. The molecule has 19 heavy (non-hydrogen) atoms. The summed E-state index contributed by atoms with van der Waals surface area (Å²) in [5.74, 6) is 0.469. The molecule has 2 N–H and O–H groups in total. The molecule has 0 aliphatic carbocycles. The number of nitrogens with two attached hydrogens (primary N) is 1. The van der Waals surface area contributed by atoms with Crippen LogP contribution >= 0.6 is 34.2 Å². The van der Waals surface area contributed by atoms with Crippen molar-refractivity contribution in [3.8, 4) is 5.69 Å². The van der Waals surface area contributed by atoms with Gasteiger partial charge in [-0.2, -0.15) is 0 Å². The number of halogens is 2. The summed E-state index contributed by atoms with van der Waals surface area (Å²) in [7, 11) is 0. The van der Waals surface area contributed by atoms with E-state index in [0.29, 0.717) is 5.95 Å². The first-order chi connectivity index (χ1) is 9.06. The van der Waals surface area contributed by atoms with Gasteiger partial charge in [-0.15, -0.1) is 0 Å². The zero-order valence-corrected chi connectivity index (χ0v) is 13.1. The van der Waals surface area contributed by atoms with Gasteiger partial charge in [-0.1, -0.05) is 17.7 Å². The van der Waals surface area contributed by atoms with E-state index in [1.165, 1.54) is 0 Å². The van der Waals surface area contributed by atoms with Gasteiger partial charge < -0.3 is 5.73 Å². The highest BCUT2D eigenvalue weighted by atomic mass is 127. The van der Waals surface area contributed by atoms with Gasteiger partial charge in [-0.05, 0) is 65.4 Å². The lowest BCUT2D eigenvalue weighted by molar-refractivity contribution is 1.11. The van der Waals surface area contributed by atoms with Crippen LogP contribution in [0.2, 0.25) is 5.02 Å². The van der Waals surface area contributed by atoms with Crippen molar-refractivity contribution >= 4 is 51.2 Å². The number of aromatic nitrogens is 2. The molecule has 0 spiro atoms. The van der Waals surface area contributed by atoms with Crippen LogP contribution in [0, 0.1) is 10.5 Å². The summed E-state index contributed by atoms with van der Waals surface area (Å²) in [5, 5.41) is 0.726. The van der Waals surface area contributed by atoms with E-state index in [4.69, 9.17) is 17.3 Å². The Kier molecular flexibility index (Phi) is 3.14. The average molecular weight is 384 g/mol. The smallest absolute Gasteiger partial charge is 0.205 e. The molecule has 3 nitrogen and oxygen atoms in total. The van der Waals surface area contributed by atoms with Crippen LogP contribution in [0.3, 0.4) is 0 Å². The number of imidazole rings is 1. The summed E-state index contributed by atoms with van der Waals surface area (Å²) < 4.78 is 3.05. The van der Waals surface area contributed by atoms with E-state index in [2.05, 4.69) is 27.6 Å². The van der Waals surface area contributed by atoms with Gasteiger partial charge >= 0.3 is 0 Å². The molecular formula is C14H11ClIN3. The molecule has 1 heterocycles. The average Bonchev–Trinajstić information content (AvgIpc) is 2.68. The SMILES string of the molecule is Cc1ccc(-n2c(N)nc3cc(I)ccc32)cc1Cl. The monoisotopic (exact) mass is 383 g/mol. The standard InChI is InChI=1S/C14H11ClIN3/c1-8-2-4-10(7-11(8)15)19-13-5-3-9(16)6-12(13)18-14(19)17/h2-7H,1H3,(H2,17,18). The Labute approximate surface area is 129 Å². The molecule has 0 aliphatic heterocycles. The summed E-state index contributed by atoms with van der Waals surface area (Å²) in [4.78, 5) is 4.40. The van der Waals surface area contributed by atoms with Crippen LogP contribution in [0.1, 0.15) is 5.56 Å². The Morgan fingerprint density at radius 3 is 2.74 bits per heavy atom. The van der Waals surface area contributed by atoms with E-state index in [1.807, 2.05) is 47.9 Å². The number of benzene rings is 2. The zero-order valence-electron chi connectivity index (χ0n) is 10.2. The minimum Gasteiger partial charge on any atom is -0.369 e. The minimum atomic E-state index is 0.469. The molecule has 0 saturated heterocycles. The van der Waals surface area contributed by atoms with Gasteiger partial charge in [0.05, 0.1) is 16.7 Å². The third-order valence-electron chi connectivity index (χ3n) is 3.06. The van der Waals surface area contributed by atoms with E-state index in [1.54, 1.807) is 0 Å². The predicted octanol–water partition coefficient (Wildman–Crippen LogP) is 4.17. The maximum atomic E-state index is 6.18. The van der Waals surface area contributed by atoms with Gasteiger partial charge in [0.2, 0.25) is 5.95 Å². The molecule has 2 aromatic carbocycles. The Morgan fingerprint density at radius 2 is 2.00 bits per heavy atom. The maximum Gasteiger partial charge on any atom is 0.205 e. The fourth-order valence-electron chi connectivity index (χ4n) is 2.06. The topological polar surface area (TPSA) is 43.8 Å². The lowest BCUT2D eigenvalue weighted by Crippen LogP contribution is -2.00. The van der Waals surface area contributed by atoms with E-state index in [0.717, 1.165) is 30.9 Å². The fourth-order valence-corrected chi connectivity index (χ4v) is 2.71. The van der Waals surface area contributed by atoms with Crippen LogP contribution < -0.4 is 5.73 Å². The van der Waals surface area contributed by atoms with Crippen molar-refractivity contribution in [2.75, 3.05) is 5.73 Å². The van der Waals surface area contributed by atoms with Crippen LogP contribution in [0.15, 0.2) is 36.4 Å². The van der Waals surface area contributed by atoms with E-state index >= 15 is 0 Å². The molecule has 0 amide bonds. The Balaban J connectivity index is 2.29. The van der Waals surface area contributed by atoms with Crippen molar-refractivity contribution in [1.82, 2.24) is 9.55 Å². The number of nitrogen functional groups attached to an aromatic ring is 1. The number of nitrogens with zero attached hydrogens (tertiary/aromatic N) is 2. The van der Waals surface area contributed by atoms with Crippen molar-refractivity contribution in [2.24, 2.45) is 0 Å². The highest BCUT2D eigenvalue weighted by Crippen LogP contribution is 2.27. The second-order valence-corrected chi connectivity index (χ2v) is 6.02. The summed E-state index contributed by atoms with van der Waals surface area (Å²) >= 11 is 8.45. The van der Waals surface area contributed by atoms with E-state index < -0.39 is 0 Å². The van der Waals surface area contributed by atoms with Crippen LogP contribution in [-0.4, -0.2) is 9.55 Å². The molecular weight excluding hydrogens is 373 g/mol. The molecule has 96 valence electrons. The third kappa shape index (κ3) is 2.19. The van der Waals surface area contributed by atoms with Gasteiger partial charge in [-0.3, -0.25) is 4.57 Å². The molecule has 5 heteroatoms. The van der Waals surface area contributed by atoms with Crippen molar-refractivity contribution in [3.05, 3.63) is 50.6 Å². The molecule has 0 saturated carbocycles. The van der Waals surface area contributed by atoms with Crippen LogP contribution in [-0.2, 0) is 0 Å². The summed E-state index contributed by atoms with van der Waals surface area (Å²) in [6.45, 7) is 1.98. The maximum absolute atomic E-state index is 6.18. The fraction of sp³-hybridized carbons (Fsp3) is 0.0714. The van der Waals surface area contributed by atoms with Gasteiger partial charge in [-0.25, -0.2) is 4.98 Å². The lowest BCUT2D eigenvalue weighted by Gasteiger charge is -2.08. The Morgan fingerprint density at radius 1 is 1.21 bits per heavy atom. The molecule has 3 aromatic rings. The summed E-state index contributed by atoms with van der Waals surface area (Å²) in [6.07, 6.45) is 0. The van der Waals surface area contributed by atoms with Crippen LogP contribution in [0.4, 0.5) is 5.95 Å². The van der Waals surface area contributed by atoms with Gasteiger partial charge in [0.25, 0.3) is 0 Å². The molecule has 1 aromatic heterocycles. The number of fused-ring (bicyclic) bond motifs is 1.